The summed E-state index contributed by atoms with van der Waals surface area (Å²) in [5.41, 5.74) is 3.52. The SMILES string of the molecule is Cc1cc(C)c(OCC(O)CNC2CCCC2)c(C)c1. The first-order valence-corrected chi connectivity index (χ1v) is 7.68. The number of aliphatic hydroxyl groups excluding tert-OH is 1. The smallest absolute Gasteiger partial charge is 0.125 e. The van der Waals surface area contributed by atoms with Crippen molar-refractivity contribution in [1.82, 2.24) is 5.32 Å². The van der Waals surface area contributed by atoms with Gasteiger partial charge in [0.1, 0.15) is 18.5 Å². The van der Waals surface area contributed by atoms with Crippen LogP contribution in [0.25, 0.3) is 0 Å². The third kappa shape index (κ3) is 4.22. The zero-order valence-electron chi connectivity index (χ0n) is 12.9. The van der Waals surface area contributed by atoms with E-state index < -0.39 is 6.10 Å². The number of aliphatic hydroxyl groups is 1. The lowest BCUT2D eigenvalue weighted by atomic mass is 10.1. The van der Waals surface area contributed by atoms with Crippen molar-refractivity contribution in [2.24, 2.45) is 0 Å². The van der Waals surface area contributed by atoms with Crippen molar-refractivity contribution in [1.29, 1.82) is 0 Å². The summed E-state index contributed by atoms with van der Waals surface area (Å²) >= 11 is 0. The number of benzene rings is 1. The predicted octanol–water partition coefficient (Wildman–Crippen LogP) is 2.88. The van der Waals surface area contributed by atoms with Gasteiger partial charge in [-0.1, -0.05) is 30.5 Å². The first-order valence-electron chi connectivity index (χ1n) is 7.68. The minimum Gasteiger partial charge on any atom is -0.490 e. The Kier molecular flexibility index (Phi) is 5.44. The van der Waals surface area contributed by atoms with Gasteiger partial charge in [0.25, 0.3) is 0 Å². The van der Waals surface area contributed by atoms with E-state index >= 15 is 0 Å². The fraction of sp³-hybridized carbons (Fsp3) is 0.647. The highest BCUT2D eigenvalue weighted by Crippen LogP contribution is 2.24. The molecule has 0 saturated heterocycles. The molecule has 1 aliphatic rings. The Bertz CT molecular complexity index is 416. The first kappa shape index (κ1) is 15.3. The Morgan fingerprint density at radius 1 is 1.20 bits per heavy atom. The first-order chi connectivity index (χ1) is 9.56. The van der Waals surface area contributed by atoms with Gasteiger partial charge in [0, 0.05) is 12.6 Å². The quantitative estimate of drug-likeness (QED) is 0.840. The second-order valence-electron chi connectivity index (χ2n) is 6.08. The lowest BCUT2D eigenvalue weighted by molar-refractivity contribution is 0.103. The minimum absolute atomic E-state index is 0.352. The molecular weight excluding hydrogens is 250 g/mol. The van der Waals surface area contributed by atoms with E-state index in [2.05, 4.69) is 38.2 Å². The van der Waals surface area contributed by atoms with Gasteiger partial charge >= 0.3 is 0 Å². The molecule has 0 bridgehead atoms. The maximum Gasteiger partial charge on any atom is 0.125 e. The molecule has 0 amide bonds. The van der Waals surface area contributed by atoms with Gasteiger partial charge in [-0.2, -0.15) is 0 Å². The van der Waals surface area contributed by atoms with Gasteiger partial charge in [-0.25, -0.2) is 0 Å². The molecule has 2 N–H and O–H groups in total. The molecule has 0 aromatic heterocycles. The maximum absolute atomic E-state index is 10.0. The zero-order valence-corrected chi connectivity index (χ0v) is 12.9. The van der Waals surface area contributed by atoms with Crippen LogP contribution in [0.2, 0.25) is 0 Å². The van der Waals surface area contributed by atoms with Crippen LogP contribution in [0.1, 0.15) is 42.4 Å². The third-order valence-electron chi connectivity index (χ3n) is 4.02. The Balaban J connectivity index is 1.79. The number of hydrogen-bond donors (Lipinski definition) is 2. The fourth-order valence-corrected chi connectivity index (χ4v) is 3.07. The summed E-state index contributed by atoms with van der Waals surface area (Å²) in [7, 11) is 0. The van der Waals surface area contributed by atoms with Gasteiger partial charge in [-0.05, 0) is 44.7 Å². The van der Waals surface area contributed by atoms with E-state index in [-0.39, 0.29) is 0 Å². The zero-order chi connectivity index (χ0) is 14.5. The summed E-state index contributed by atoms with van der Waals surface area (Å²) in [5.74, 6) is 0.913. The van der Waals surface area contributed by atoms with E-state index in [1.54, 1.807) is 0 Å². The average molecular weight is 277 g/mol. The van der Waals surface area contributed by atoms with E-state index in [4.69, 9.17) is 4.74 Å². The largest absolute Gasteiger partial charge is 0.490 e. The van der Waals surface area contributed by atoms with Crippen LogP contribution in [0.15, 0.2) is 12.1 Å². The van der Waals surface area contributed by atoms with Crippen molar-refractivity contribution in [2.45, 2.75) is 58.6 Å². The van der Waals surface area contributed by atoms with Crippen molar-refractivity contribution >= 4 is 0 Å². The second kappa shape index (κ2) is 7.09. The number of rotatable bonds is 6. The molecule has 3 heteroatoms. The van der Waals surface area contributed by atoms with Crippen LogP contribution in [-0.2, 0) is 0 Å². The standard InChI is InChI=1S/C17H27NO2/c1-12-8-13(2)17(14(3)9-12)20-11-16(19)10-18-15-6-4-5-7-15/h8-9,15-16,18-19H,4-7,10-11H2,1-3H3. The van der Waals surface area contributed by atoms with E-state index in [0.29, 0.717) is 19.2 Å². The molecule has 0 aliphatic heterocycles. The molecule has 1 unspecified atom stereocenters. The van der Waals surface area contributed by atoms with E-state index in [0.717, 1.165) is 16.9 Å². The van der Waals surface area contributed by atoms with Gasteiger partial charge < -0.3 is 15.2 Å². The van der Waals surface area contributed by atoms with Gasteiger partial charge in [-0.15, -0.1) is 0 Å². The van der Waals surface area contributed by atoms with Gasteiger partial charge in [0.15, 0.2) is 0 Å². The van der Waals surface area contributed by atoms with Gasteiger partial charge in [0.05, 0.1) is 0 Å². The molecule has 1 aromatic rings. The highest BCUT2D eigenvalue weighted by atomic mass is 16.5. The van der Waals surface area contributed by atoms with Crippen LogP contribution in [0.5, 0.6) is 5.75 Å². The molecule has 0 spiro atoms. The molecule has 0 heterocycles. The normalized spacial score (nSPS) is 17.4. The van der Waals surface area contributed by atoms with Crippen molar-refractivity contribution in [3.63, 3.8) is 0 Å². The third-order valence-corrected chi connectivity index (χ3v) is 4.02. The van der Waals surface area contributed by atoms with E-state index in [9.17, 15) is 5.11 Å². The summed E-state index contributed by atoms with van der Waals surface area (Å²) in [5, 5.41) is 13.4. The Morgan fingerprint density at radius 3 is 2.40 bits per heavy atom. The van der Waals surface area contributed by atoms with Gasteiger partial charge in [-0.3, -0.25) is 0 Å². The lowest BCUT2D eigenvalue weighted by Gasteiger charge is -2.18. The van der Waals surface area contributed by atoms with Crippen molar-refractivity contribution < 1.29 is 9.84 Å². The molecule has 20 heavy (non-hydrogen) atoms. The number of nitrogens with one attached hydrogen (secondary N) is 1. The molecular formula is C17H27NO2. The number of hydrogen-bond acceptors (Lipinski definition) is 3. The Labute approximate surface area is 122 Å². The Morgan fingerprint density at radius 2 is 1.80 bits per heavy atom. The molecule has 1 aromatic carbocycles. The Hall–Kier alpha value is -1.06. The predicted molar refractivity (Wildman–Crippen MR) is 82.4 cm³/mol. The molecule has 1 atom stereocenters. The van der Waals surface area contributed by atoms with Crippen LogP contribution in [0.3, 0.4) is 0 Å². The molecule has 1 aliphatic carbocycles. The van der Waals surface area contributed by atoms with E-state index in [1.165, 1.54) is 31.2 Å². The summed E-state index contributed by atoms with van der Waals surface area (Å²) in [6, 6.07) is 4.82. The molecule has 1 saturated carbocycles. The van der Waals surface area contributed by atoms with Crippen LogP contribution in [0.4, 0.5) is 0 Å². The highest BCUT2D eigenvalue weighted by Gasteiger charge is 2.16. The van der Waals surface area contributed by atoms with Crippen LogP contribution < -0.4 is 10.1 Å². The number of ether oxygens (including phenoxy) is 1. The number of aryl methyl sites for hydroxylation is 3. The average Bonchev–Trinajstić information content (AvgIpc) is 2.88. The van der Waals surface area contributed by atoms with Crippen LogP contribution in [0, 0.1) is 20.8 Å². The molecule has 2 rings (SSSR count). The maximum atomic E-state index is 10.0. The van der Waals surface area contributed by atoms with Crippen molar-refractivity contribution in [3.8, 4) is 5.75 Å². The summed E-state index contributed by atoms with van der Waals surface area (Å²) in [6.07, 6.45) is 4.65. The van der Waals surface area contributed by atoms with Crippen molar-refractivity contribution in [2.75, 3.05) is 13.2 Å². The second-order valence-corrected chi connectivity index (χ2v) is 6.08. The molecule has 112 valence electrons. The van der Waals surface area contributed by atoms with Crippen LogP contribution in [-0.4, -0.2) is 30.4 Å². The summed E-state index contributed by atoms with van der Waals surface area (Å²) in [4.78, 5) is 0. The summed E-state index contributed by atoms with van der Waals surface area (Å²) in [6.45, 7) is 7.17. The topological polar surface area (TPSA) is 41.5 Å². The summed E-state index contributed by atoms with van der Waals surface area (Å²) < 4.78 is 5.81. The fourth-order valence-electron chi connectivity index (χ4n) is 3.07. The molecule has 0 radical (unpaired) electrons. The lowest BCUT2D eigenvalue weighted by Crippen LogP contribution is -2.36. The monoisotopic (exact) mass is 277 g/mol. The minimum atomic E-state index is -0.448. The highest BCUT2D eigenvalue weighted by molar-refractivity contribution is 5.42. The molecule has 3 nitrogen and oxygen atoms in total. The molecule has 1 fully saturated rings. The van der Waals surface area contributed by atoms with E-state index in [1.807, 2.05) is 0 Å². The van der Waals surface area contributed by atoms with Crippen LogP contribution >= 0.6 is 0 Å². The van der Waals surface area contributed by atoms with Gasteiger partial charge in [0.2, 0.25) is 0 Å². The van der Waals surface area contributed by atoms with Crippen molar-refractivity contribution in [3.05, 3.63) is 28.8 Å².